The molecule has 7 amide bonds. The van der Waals surface area contributed by atoms with Crippen molar-refractivity contribution >= 4 is 140 Å². The van der Waals surface area contributed by atoms with Gasteiger partial charge >= 0.3 is 53.9 Å². The van der Waals surface area contributed by atoms with Crippen molar-refractivity contribution in [1.82, 2.24) is 46.7 Å². The lowest BCUT2D eigenvalue weighted by Crippen LogP contribution is -2.50. The van der Waals surface area contributed by atoms with Crippen molar-refractivity contribution in [2.75, 3.05) is 45.0 Å². The number of hydrogen-bond donors (Lipinski definition) is 12. The lowest BCUT2D eigenvalue weighted by molar-refractivity contribution is -0.162. The van der Waals surface area contributed by atoms with Crippen LogP contribution in [0.5, 0.6) is 5.75 Å². The summed E-state index contributed by atoms with van der Waals surface area (Å²) in [4.78, 5) is 241. The van der Waals surface area contributed by atoms with Gasteiger partial charge in [-0.3, -0.25) is 72.0 Å². The number of aromatic hydroxyl groups is 1. The van der Waals surface area contributed by atoms with E-state index in [2.05, 4.69) is 36.3 Å². The van der Waals surface area contributed by atoms with E-state index in [1.807, 2.05) is 51.9 Å². The van der Waals surface area contributed by atoms with Crippen molar-refractivity contribution in [2.24, 2.45) is 35.5 Å². The first-order valence-electron chi connectivity index (χ1n) is 39.9. The maximum absolute atomic E-state index is 15.1. The number of nitrogens with zero attached hydrogens (tertiary/aromatic N) is 3. The molecule has 37 nitrogen and oxygen atoms in total. The molecule has 12 N–H and O–H groups in total. The Morgan fingerprint density at radius 1 is 0.686 bits per heavy atom. The fourth-order valence-corrected chi connectivity index (χ4v) is 16.2. The number of aromatic nitrogens is 1. The number of rotatable bonds is 59. The molecule has 0 bridgehead atoms. The van der Waals surface area contributed by atoms with Crippen LogP contribution >= 0.6 is 32.9 Å². The van der Waals surface area contributed by atoms with E-state index in [1.165, 1.54) is 29.3 Å². The van der Waals surface area contributed by atoms with E-state index in [1.54, 1.807) is 49.4 Å². The summed E-state index contributed by atoms with van der Waals surface area (Å²) >= 11 is 1.03. The number of aliphatic carboxylic acids is 5. The van der Waals surface area contributed by atoms with Crippen molar-refractivity contribution in [3.05, 3.63) is 81.8 Å². The molecule has 668 valence electrons. The number of alkyl carbamates (subject to hydrolysis) is 1. The number of phenolic OH excluding ortho intramolecular Hbond substituents is 1. The van der Waals surface area contributed by atoms with Gasteiger partial charge in [0, 0.05) is 99.1 Å². The highest BCUT2D eigenvalue weighted by molar-refractivity contribution is 8.76. The fraction of sp³-hybridized carbons (Fsp3) is 0.593. The predicted octanol–water partition coefficient (Wildman–Crippen LogP) is 6.83. The van der Waals surface area contributed by atoms with E-state index in [0.717, 1.165) is 52.3 Å². The molecule has 0 radical (unpaired) electrons. The summed E-state index contributed by atoms with van der Waals surface area (Å²) in [6.45, 7) is 11.7. The first-order chi connectivity index (χ1) is 57.3. The molecule has 2 heterocycles. The molecule has 4 rings (SSSR count). The fourth-order valence-electron chi connectivity index (χ4n) is 13.2. The number of phenols is 1. The molecule has 1 saturated heterocycles. The molecule has 0 aliphatic carbocycles. The molecular formula is C81H113N9O28S3. The van der Waals surface area contributed by atoms with E-state index in [4.69, 9.17) is 19.3 Å². The van der Waals surface area contributed by atoms with Gasteiger partial charge in [0.05, 0.1) is 43.3 Å². The summed E-state index contributed by atoms with van der Waals surface area (Å²) in [5, 5.41) is 74.3. The minimum Gasteiger partial charge on any atom is -0.508 e. The number of ketones is 4. The highest BCUT2D eigenvalue weighted by Gasteiger charge is 2.41. The molecule has 3 aromatic rings. The third kappa shape index (κ3) is 38.3. The molecular weight excluding hydrogens is 1640 g/mol. The predicted molar refractivity (Wildman–Crippen MR) is 439 cm³/mol. The van der Waals surface area contributed by atoms with Crippen LogP contribution in [-0.4, -0.2) is 240 Å². The number of carboxylic acids is 5. The van der Waals surface area contributed by atoms with E-state index < -0.39 is 226 Å². The molecule has 0 spiro atoms. The van der Waals surface area contributed by atoms with Crippen LogP contribution in [0.3, 0.4) is 0 Å². The summed E-state index contributed by atoms with van der Waals surface area (Å²) in [5.41, 5.74) is 1.10. The molecule has 2 aromatic carbocycles. The zero-order chi connectivity index (χ0) is 90.0. The van der Waals surface area contributed by atoms with Gasteiger partial charge in [-0.05, 0) is 100 Å². The number of carbonyl (C=O) groups is 18. The molecule has 1 aliphatic rings. The van der Waals surface area contributed by atoms with Crippen LogP contribution in [0.2, 0.25) is 0 Å². The quantitative estimate of drug-likeness (QED) is 0.00687. The Labute approximate surface area is 712 Å². The van der Waals surface area contributed by atoms with Crippen LogP contribution in [0.15, 0.2) is 60.0 Å². The normalized spacial score (nSPS) is 15.6. The molecule has 0 saturated carbocycles. The average molecular weight is 1760 g/mol. The summed E-state index contributed by atoms with van der Waals surface area (Å²) in [6, 6.07) is 6.22. The monoisotopic (exact) mass is 1760 g/mol. The first kappa shape index (κ1) is 103. The molecule has 1 aromatic heterocycles. The van der Waals surface area contributed by atoms with E-state index in [9.17, 15) is 107 Å². The van der Waals surface area contributed by atoms with Gasteiger partial charge in [0.25, 0.3) is 12.4 Å². The number of Topliss-reactive ketones (excluding diaryl/α,β-unsaturated/α-hetero) is 4. The molecule has 13 atom stereocenters. The van der Waals surface area contributed by atoms with Gasteiger partial charge in [0.15, 0.2) is 36.4 Å². The van der Waals surface area contributed by atoms with Crippen LogP contribution in [0.4, 0.5) is 9.59 Å². The van der Waals surface area contributed by atoms with Crippen molar-refractivity contribution in [2.45, 2.75) is 225 Å². The van der Waals surface area contributed by atoms with Crippen molar-refractivity contribution in [3.8, 4) is 5.75 Å². The van der Waals surface area contributed by atoms with Crippen molar-refractivity contribution in [1.29, 1.82) is 0 Å². The summed E-state index contributed by atoms with van der Waals surface area (Å²) in [7, 11) is 4.00. The average Bonchev–Trinajstić information content (AvgIpc) is 1.80. The first-order valence-corrected chi connectivity index (χ1v) is 43.2. The topological polar surface area (TPSA) is 557 Å². The van der Waals surface area contributed by atoms with Gasteiger partial charge < -0.3 is 86.4 Å². The Kier molecular flexibility index (Phi) is 45.8. The number of thiazole rings is 1. The number of ether oxygens (including phenoxy) is 4. The molecule has 40 heteroatoms. The number of urea groups is 1. The standard InChI is InChI=1S/C81H113N9O28S3/c1-9-16-72(103)116-44-90(76(106)57(47(5)10-2)39-65(96)62-19-14-15-30-89(62)8)63(46(3)4)40-67(118-49(7)92)75-86-61(43-119-75)74(105)83-54(34-51-20-22-55(93)23-21-51)33-48(6)66(97)41-82-81(114)115-31-32-120-121-42-53(77(107)108)37-64(95)60(35-50-17-12-11-13-18-50)85-73(104)52(38-71(101)102)36-56(94)24-25-58(78(109)110)84-68(98)27-26-59(79(111)112)87-80(113)88-69(117-45-91)28-29-70(99)100/h11-13,17-18,20-23,43,45-48,52-54,57-60,62-63,67,69,93H,9-10,14-16,19,24-42,44H2,1-8H3,(H,82,114)(H,83,105)(H,84,98)(H,85,104)(H,99,100)(H,101,102)(H,107,108)(H,109,110)(H,111,112)(H2,87,88,113)/t47?,48-,52-,53-,54+,57-,58?,59-,60-,62+,63+,67+,69+/m0/s1. The zero-order valence-corrected chi connectivity index (χ0v) is 71.5. The lowest BCUT2D eigenvalue weighted by Gasteiger charge is -2.39. The molecule has 1 aliphatic heterocycles. The van der Waals surface area contributed by atoms with Crippen LogP contribution in [0, 0.1) is 35.5 Å². The van der Waals surface area contributed by atoms with Gasteiger partial charge in [-0.2, -0.15) is 0 Å². The Morgan fingerprint density at radius 3 is 1.97 bits per heavy atom. The second-order valence-corrected chi connectivity index (χ2v) is 33.5. The molecule has 121 heavy (non-hydrogen) atoms. The third-order valence-electron chi connectivity index (χ3n) is 20.2. The Bertz CT molecular complexity index is 4000. The number of carboxylic acid groups (broad SMARTS) is 5. The van der Waals surface area contributed by atoms with E-state index in [0.29, 0.717) is 30.4 Å². The Morgan fingerprint density at radius 2 is 1.36 bits per heavy atom. The minimum atomic E-state index is -1.78. The number of esters is 2. The number of amides is 7. The highest BCUT2D eigenvalue weighted by Crippen LogP contribution is 2.35. The summed E-state index contributed by atoms with van der Waals surface area (Å²) in [6.07, 6.45) is -5.90. The van der Waals surface area contributed by atoms with E-state index >= 15 is 4.79 Å². The number of likely N-dealkylation sites (N-methyl/N-ethyl adjacent to an activating group) is 1. The van der Waals surface area contributed by atoms with Gasteiger partial charge in [-0.25, -0.2) is 24.2 Å². The number of nitrogens with one attached hydrogen (secondary N) is 6. The van der Waals surface area contributed by atoms with Gasteiger partial charge in [0.2, 0.25) is 17.7 Å². The van der Waals surface area contributed by atoms with Crippen molar-refractivity contribution in [3.63, 3.8) is 0 Å². The zero-order valence-electron chi connectivity index (χ0n) is 69.0. The largest absolute Gasteiger partial charge is 0.508 e. The molecule has 2 unspecified atom stereocenters. The second-order valence-electron chi connectivity index (χ2n) is 30.0. The number of benzene rings is 2. The number of hydrogen-bond acceptors (Lipinski definition) is 28. The summed E-state index contributed by atoms with van der Waals surface area (Å²) < 4.78 is 21.5. The molecule has 1 fully saturated rings. The maximum Gasteiger partial charge on any atom is 0.407 e. The smallest absolute Gasteiger partial charge is 0.407 e. The summed E-state index contributed by atoms with van der Waals surface area (Å²) in [5.74, 6) is -19.4. The third-order valence-corrected chi connectivity index (χ3v) is 23.6. The van der Waals surface area contributed by atoms with Crippen LogP contribution in [0.1, 0.15) is 197 Å². The van der Waals surface area contributed by atoms with Crippen LogP contribution in [-0.2, 0) is 104 Å². The Balaban J connectivity index is 1.36. The maximum atomic E-state index is 15.1. The minimum absolute atomic E-state index is 0.0179. The SMILES string of the molecule is CCCC(=O)OCN(C(=O)[C@@H](CC(=O)[C@H]1CCCCN1C)C(C)CC)[C@H](C[C@@H](OC(C)=O)c1nc(C(=O)N[C@@H](Cc2ccc(O)cc2)C[C@H](C)C(=O)CNC(=O)OCCSSC[C@H](CC(=O)[C@H](Cc2ccccc2)NC(=O)[C@H](CC(=O)O)CC(=O)CCC(NC(=O)CC[C@H](NC(=O)N[C@@H](CCC(=O)O)OC=O)C(=O)O)C(=O)O)C(=O)O)cs1)C(C)C. The highest BCUT2D eigenvalue weighted by atomic mass is 33.1. The van der Waals surface area contributed by atoms with Crippen LogP contribution < -0.4 is 31.9 Å². The second kappa shape index (κ2) is 53.9. The van der Waals surface area contributed by atoms with Crippen LogP contribution in [0.25, 0.3) is 0 Å². The van der Waals surface area contributed by atoms with E-state index in [-0.39, 0.29) is 110 Å². The van der Waals surface area contributed by atoms with Gasteiger partial charge in [0.1, 0.15) is 40.9 Å². The number of carbonyl (C=O) groups excluding carboxylic acids is 13. The van der Waals surface area contributed by atoms with Crippen molar-refractivity contribution < 1.29 is 136 Å². The Hall–Kier alpha value is -10.6. The number of likely N-dealkylation sites (tertiary alicyclic amines) is 1. The number of piperidine rings is 1. The van der Waals surface area contributed by atoms with Gasteiger partial charge in [-0.15, -0.1) is 11.3 Å². The lowest BCUT2D eigenvalue weighted by atomic mass is 9.82. The van der Waals surface area contributed by atoms with Gasteiger partial charge in [-0.1, -0.05) is 118 Å².